The second-order valence-electron chi connectivity index (χ2n) is 5.81. The van der Waals surface area contributed by atoms with Gasteiger partial charge >= 0.3 is 5.76 Å². The molecule has 0 aliphatic rings. The highest BCUT2D eigenvalue weighted by Crippen LogP contribution is 2.22. The first-order valence-corrected chi connectivity index (χ1v) is 9.10. The largest absolute Gasteiger partial charge is 0.494 e. The van der Waals surface area contributed by atoms with Crippen molar-refractivity contribution in [1.82, 2.24) is 15.1 Å². The Balaban J connectivity index is 1.58. The molecule has 0 aliphatic carbocycles. The summed E-state index contributed by atoms with van der Waals surface area (Å²) in [5.41, 5.74) is 0.611. The molecule has 3 rings (SSSR count). The fourth-order valence-electron chi connectivity index (χ4n) is 2.50. The van der Waals surface area contributed by atoms with E-state index >= 15 is 0 Å². The summed E-state index contributed by atoms with van der Waals surface area (Å²) >= 11 is 1.40. The lowest BCUT2D eigenvalue weighted by molar-refractivity contribution is -0.122. The molecule has 0 saturated carbocycles. The topological polar surface area (TPSA) is 86.4 Å². The molecule has 0 spiro atoms. The van der Waals surface area contributed by atoms with E-state index in [1.165, 1.54) is 30.6 Å². The highest BCUT2D eigenvalue weighted by Gasteiger charge is 2.15. The lowest BCUT2D eigenvalue weighted by Gasteiger charge is -2.15. The smallest absolute Gasteiger partial charge is 0.437 e. The third-order valence-corrected chi connectivity index (χ3v) is 4.80. The second kappa shape index (κ2) is 8.17. The van der Waals surface area contributed by atoms with Gasteiger partial charge in [-0.25, -0.2) is 9.18 Å². The number of carbonyl (C=O) groups excluding carboxylic acids is 1. The molecule has 2 heterocycles. The molecule has 9 heteroatoms. The number of halogens is 1. The molecule has 1 amide bonds. The minimum absolute atomic E-state index is 0.0410. The van der Waals surface area contributed by atoms with Gasteiger partial charge in [-0.3, -0.25) is 4.79 Å². The van der Waals surface area contributed by atoms with Crippen molar-refractivity contribution in [1.29, 1.82) is 0 Å². The number of amides is 1. The van der Waals surface area contributed by atoms with Crippen LogP contribution >= 0.6 is 11.3 Å². The molecule has 0 saturated heterocycles. The van der Waals surface area contributed by atoms with Gasteiger partial charge < -0.3 is 14.5 Å². The number of carbonyl (C=O) groups is 1. The average Bonchev–Trinajstić information content (AvgIpc) is 3.29. The molecule has 3 aromatic rings. The molecule has 1 N–H and O–H groups in total. The second-order valence-corrected chi connectivity index (χ2v) is 6.75. The van der Waals surface area contributed by atoms with Crippen LogP contribution in [0.15, 0.2) is 44.9 Å². The van der Waals surface area contributed by atoms with Crippen LogP contribution in [0.4, 0.5) is 4.39 Å². The molecule has 0 bridgehead atoms. The molecule has 7 nitrogen and oxygen atoms in total. The molecule has 0 fully saturated rings. The summed E-state index contributed by atoms with van der Waals surface area (Å²) in [5.74, 6) is -1.02. The third-order valence-electron chi connectivity index (χ3n) is 3.94. The number of thiophene rings is 1. The fourth-order valence-corrected chi connectivity index (χ4v) is 3.15. The van der Waals surface area contributed by atoms with Crippen molar-refractivity contribution in [2.75, 3.05) is 7.11 Å². The highest BCUT2D eigenvalue weighted by molar-refractivity contribution is 7.13. The monoisotopic (exact) mass is 391 g/mol. The van der Waals surface area contributed by atoms with E-state index in [2.05, 4.69) is 10.4 Å². The van der Waals surface area contributed by atoms with E-state index in [1.807, 2.05) is 11.4 Å². The quantitative estimate of drug-likeness (QED) is 0.669. The summed E-state index contributed by atoms with van der Waals surface area (Å²) in [4.78, 5) is 24.7. The molecule has 1 unspecified atom stereocenters. The number of nitrogens with one attached hydrogen (secondary N) is 1. The maximum absolute atomic E-state index is 13.8. The van der Waals surface area contributed by atoms with E-state index in [9.17, 15) is 14.0 Å². The number of ether oxygens (including phenoxy) is 1. The Labute approximate surface area is 158 Å². The van der Waals surface area contributed by atoms with Gasteiger partial charge in [0.1, 0.15) is 0 Å². The maximum atomic E-state index is 13.8. The molecule has 1 atom stereocenters. The van der Waals surface area contributed by atoms with Gasteiger partial charge in [0.15, 0.2) is 11.6 Å². The van der Waals surface area contributed by atoms with Gasteiger partial charge in [0, 0.05) is 6.42 Å². The molecular formula is C18H18FN3O4S. The van der Waals surface area contributed by atoms with Crippen molar-refractivity contribution in [2.24, 2.45) is 0 Å². The van der Waals surface area contributed by atoms with Gasteiger partial charge in [0.05, 0.1) is 24.6 Å². The maximum Gasteiger partial charge on any atom is 0.437 e. The zero-order valence-electron chi connectivity index (χ0n) is 14.8. The van der Waals surface area contributed by atoms with Crippen molar-refractivity contribution in [3.63, 3.8) is 0 Å². The van der Waals surface area contributed by atoms with Crippen LogP contribution in [0.3, 0.4) is 0 Å². The Bertz CT molecular complexity index is 981. The molecule has 0 radical (unpaired) electrons. The summed E-state index contributed by atoms with van der Waals surface area (Å²) in [7, 11) is 1.39. The Morgan fingerprint density at radius 3 is 2.93 bits per heavy atom. The molecule has 0 aliphatic heterocycles. The molecular weight excluding hydrogens is 373 g/mol. The van der Waals surface area contributed by atoms with Crippen molar-refractivity contribution < 1.29 is 18.3 Å². The van der Waals surface area contributed by atoms with E-state index in [4.69, 9.17) is 9.15 Å². The number of aryl methyl sites for hydroxylation is 1. The minimum Gasteiger partial charge on any atom is -0.494 e. The van der Waals surface area contributed by atoms with Crippen LogP contribution in [0.1, 0.15) is 24.9 Å². The predicted octanol–water partition coefficient (Wildman–Crippen LogP) is 2.98. The molecule has 142 valence electrons. The zero-order valence-corrected chi connectivity index (χ0v) is 15.6. The number of nitrogens with zero attached hydrogens (tertiary/aromatic N) is 2. The van der Waals surface area contributed by atoms with E-state index in [0.29, 0.717) is 5.56 Å². The number of hydrogen-bond acceptors (Lipinski definition) is 6. The first-order chi connectivity index (χ1) is 13.0. The van der Waals surface area contributed by atoms with Crippen LogP contribution < -0.4 is 15.8 Å². The highest BCUT2D eigenvalue weighted by atomic mass is 32.1. The van der Waals surface area contributed by atoms with Crippen LogP contribution in [0.5, 0.6) is 5.75 Å². The van der Waals surface area contributed by atoms with E-state index in [-0.39, 0.29) is 30.5 Å². The van der Waals surface area contributed by atoms with Crippen molar-refractivity contribution in [3.05, 3.63) is 57.6 Å². The van der Waals surface area contributed by atoms with Crippen molar-refractivity contribution in [2.45, 2.75) is 25.9 Å². The zero-order chi connectivity index (χ0) is 19.4. The molecule has 1 aromatic carbocycles. The molecule has 27 heavy (non-hydrogen) atoms. The minimum atomic E-state index is -0.614. The first kappa shape index (κ1) is 18.8. The number of benzene rings is 1. The van der Waals surface area contributed by atoms with E-state index in [1.54, 1.807) is 19.1 Å². The Morgan fingerprint density at radius 2 is 2.26 bits per heavy atom. The van der Waals surface area contributed by atoms with Crippen LogP contribution in [0.2, 0.25) is 0 Å². The van der Waals surface area contributed by atoms with Gasteiger partial charge in [-0.1, -0.05) is 12.1 Å². The first-order valence-electron chi connectivity index (χ1n) is 8.22. The van der Waals surface area contributed by atoms with Gasteiger partial charge in [-0.2, -0.15) is 4.68 Å². The average molecular weight is 391 g/mol. The SMILES string of the molecule is COc1ccc(C(C)NC(=O)CCn2nc(-c3cccs3)oc2=O)cc1F. The lowest BCUT2D eigenvalue weighted by atomic mass is 10.1. The Kier molecular flexibility index (Phi) is 5.70. The third kappa shape index (κ3) is 4.43. The van der Waals surface area contributed by atoms with Gasteiger partial charge in [-0.05, 0) is 36.1 Å². The standard InChI is InChI=1S/C18H18FN3O4S/c1-11(12-5-6-14(25-2)13(19)10-12)20-16(23)7-8-22-18(24)26-17(21-22)15-4-3-9-27-15/h3-6,9-11H,7-8H2,1-2H3,(H,20,23). The van der Waals surface area contributed by atoms with Crippen molar-refractivity contribution in [3.8, 4) is 16.5 Å². The fraction of sp³-hybridized carbons (Fsp3) is 0.278. The van der Waals surface area contributed by atoms with Crippen LogP contribution in [0, 0.1) is 5.82 Å². The summed E-state index contributed by atoms with van der Waals surface area (Å²) in [6.07, 6.45) is 0.0410. The van der Waals surface area contributed by atoms with Gasteiger partial charge in [0.2, 0.25) is 5.91 Å². The Morgan fingerprint density at radius 1 is 1.44 bits per heavy atom. The number of rotatable bonds is 7. The van der Waals surface area contributed by atoms with Gasteiger partial charge in [0.25, 0.3) is 5.89 Å². The summed E-state index contributed by atoms with van der Waals surface area (Å²) < 4.78 is 24.9. The normalized spacial score (nSPS) is 12.0. The molecule has 2 aromatic heterocycles. The Hall–Kier alpha value is -2.94. The predicted molar refractivity (Wildman–Crippen MR) is 98.2 cm³/mol. The lowest BCUT2D eigenvalue weighted by Crippen LogP contribution is -2.29. The summed E-state index contributed by atoms with van der Waals surface area (Å²) in [5, 5.41) is 8.72. The number of methoxy groups -OCH3 is 1. The number of aromatic nitrogens is 2. The summed E-state index contributed by atoms with van der Waals surface area (Å²) in [6.45, 7) is 1.83. The summed E-state index contributed by atoms with van der Waals surface area (Å²) in [6, 6.07) is 7.74. The van der Waals surface area contributed by atoms with Crippen LogP contribution in [-0.2, 0) is 11.3 Å². The van der Waals surface area contributed by atoms with Crippen LogP contribution in [0.25, 0.3) is 10.8 Å². The van der Waals surface area contributed by atoms with E-state index in [0.717, 1.165) is 9.56 Å². The van der Waals surface area contributed by atoms with Crippen molar-refractivity contribution >= 4 is 17.2 Å². The van der Waals surface area contributed by atoms with Gasteiger partial charge in [-0.15, -0.1) is 16.4 Å². The van der Waals surface area contributed by atoms with E-state index < -0.39 is 17.6 Å². The number of hydrogen-bond donors (Lipinski definition) is 1. The van der Waals surface area contributed by atoms with Crippen LogP contribution in [-0.4, -0.2) is 22.8 Å².